The average molecular weight is 323 g/mol. The normalized spacial score (nSPS) is 12.3. The number of pyridine rings is 1. The molecule has 1 amide bonds. The number of carbonyl (C=O) groups is 1. The lowest BCUT2D eigenvalue weighted by Gasteiger charge is -2.25. The molecule has 6 nitrogen and oxygen atoms in total. The van der Waals surface area contributed by atoms with Gasteiger partial charge < -0.3 is 4.90 Å². The van der Waals surface area contributed by atoms with Crippen molar-refractivity contribution in [2.75, 3.05) is 7.05 Å². The van der Waals surface area contributed by atoms with Crippen LogP contribution in [-0.4, -0.2) is 43.9 Å². The van der Waals surface area contributed by atoms with Gasteiger partial charge in [0.15, 0.2) is 0 Å². The minimum atomic E-state index is -0.0172. The molecule has 6 heteroatoms. The first-order valence-electron chi connectivity index (χ1n) is 8.00. The van der Waals surface area contributed by atoms with E-state index in [4.69, 9.17) is 0 Å². The van der Waals surface area contributed by atoms with E-state index in [0.29, 0.717) is 0 Å². The molecule has 0 spiro atoms. The lowest BCUT2D eigenvalue weighted by Crippen LogP contribution is -2.39. The number of hydrogen-bond acceptors (Lipinski definition) is 4. The van der Waals surface area contributed by atoms with Crippen molar-refractivity contribution in [2.45, 2.75) is 32.9 Å². The van der Waals surface area contributed by atoms with Gasteiger partial charge in [-0.3, -0.25) is 9.78 Å². The van der Waals surface area contributed by atoms with Gasteiger partial charge in [0.2, 0.25) is 5.91 Å². The average Bonchev–Trinajstić information content (AvgIpc) is 2.98. The molecular weight excluding hydrogens is 302 g/mol. The van der Waals surface area contributed by atoms with Gasteiger partial charge in [-0.15, -0.1) is 0 Å². The second-order valence-electron chi connectivity index (χ2n) is 6.04. The first kappa shape index (κ1) is 16.1. The Morgan fingerprint density at radius 2 is 1.83 bits per heavy atom. The van der Waals surface area contributed by atoms with Crippen molar-refractivity contribution < 1.29 is 4.79 Å². The fourth-order valence-corrected chi connectivity index (χ4v) is 2.60. The number of aryl methyl sites for hydroxylation is 1. The number of carbonyl (C=O) groups excluding carboxylic acids is 1. The third-order valence-corrected chi connectivity index (χ3v) is 4.27. The Bertz CT molecular complexity index is 824. The van der Waals surface area contributed by atoms with E-state index >= 15 is 0 Å². The van der Waals surface area contributed by atoms with Crippen LogP contribution in [0.25, 0.3) is 11.0 Å². The van der Waals surface area contributed by atoms with Crippen LogP contribution in [0.1, 0.15) is 18.2 Å². The van der Waals surface area contributed by atoms with E-state index in [2.05, 4.69) is 15.2 Å². The highest BCUT2D eigenvalue weighted by atomic mass is 16.2. The topological polar surface area (TPSA) is 63.9 Å². The summed E-state index contributed by atoms with van der Waals surface area (Å²) in [4.78, 5) is 20.1. The van der Waals surface area contributed by atoms with E-state index in [9.17, 15) is 4.79 Å². The predicted octanol–water partition coefficient (Wildman–Crippen LogP) is 2.22. The highest BCUT2D eigenvalue weighted by molar-refractivity contribution is 5.77. The number of amides is 1. The van der Waals surface area contributed by atoms with Crippen molar-refractivity contribution in [2.24, 2.45) is 0 Å². The molecule has 124 valence electrons. The Morgan fingerprint density at radius 3 is 2.46 bits per heavy atom. The fraction of sp³-hybridized carbons (Fsp3) is 0.333. The molecule has 0 unspecified atom stereocenters. The summed E-state index contributed by atoms with van der Waals surface area (Å²) in [5.74, 6) is -0.0172. The van der Waals surface area contributed by atoms with Gasteiger partial charge in [-0.05, 0) is 37.6 Å². The van der Waals surface area contributed by atoms with Gasteiger partial charge in [-0.25, -0.2) is 0 Å². The van der Waals surface area contributed by atoms with Crippen LogP contribution < -0.4 is 0 Å². The molecule has 0 radical (unpaired) electrons. The Labute approximate surface area is 141 Å². The molecule has 1 aromatic carbocycles. The van der Waals surface area contributed by atoms with Gasteiger partial charge in [-0.1, -0.05) is 18.2 Å². The number of rotatable bonds is 5. The monoisotopic (exact) mass is 323 g/mol. The largest absolute Gasteiger partial charge is 0.341 e. The van der Waals surface area contributed by atoms with E-state index < -0.39 is 0 Å². The molecule has 3 aromatic rings. The van der Waals surface area contributed by atoms with Gasteiger partial charge in [0.25, 0.3) is 0 Å². The molecule has 1 atom stereocenters. The molecule has 0 aliphatic heterocycles. The number of aromatic nitrogens is 4. The molecule has 0 fully saturated rings. The first-order chi connectivity index (χ1) is 11.5. The van der Waals surface area contributed by atoms with Crippen molar-refractivity contribution >= 4 is 16.9 Å². The maximum absolute atomic E-state index is 12.5. The lowest BCUT2D eigenvalue weighted by atomic mass is 10.1. The fourth-order valence-electron chi connectivity index (χ4n) is 2.60. The number of benzene rings is 1. The molecule has 2 heterocycles. The number of hydrogen-bond donors (Lipinski definition) is 0. The highest BCUT2D eigenvalue weighted by Gasteiger charge is 2.18. The second-order valence-corrected chi connectivity index (χ2v) is 6.04. The molecule has 0 bridgehead atoms. The lowest BCUT2D eigenvalue weighted by molar-refractivity contribution is -0.132. The van der Waals surface area contributed by atoms with Crippen LogP contribution in [0, 0.1) is 6.92 Å². The summed E-state index contributed by atoms with van der Waals surface area (Å²) in [5.41, 5.74) is 3.76. The minimum absolute atomic E-state index is 0.0172. The number of fused-ring (bicyclic) bond motifs is 1. The zero-order valence-electron chi connectivity index (χ0n) is 14.2. The van der Waals surface area contributed by atoms with Crippen molar-refractivity contribution in [3.05, 3.63) is 53.9 Å². The van der Waals surface area contributed by atoms with Gasteiger partial charge in [0.1, 0.15) is 17.6 Å². The molecule has 0 saturated heterocycles. The van der Waals surface area contributed by atoms with Gasteiger partial charge in [-0.2, -0.15) is 15.0 Å². The molecule has 0 N–H and O–H groups in total. The second kappa shape index (κ2) is 6.78. The number of nitrogens with zero attached hydrogens (tertiary/aromatic N) is 5. The van der Waals surface area contributed by atoms with Crippen molar-refractivity contribution in [1.29, 1.82) is 0 Å². The molecule has 3 rings (SSSR count). The third-order valence-electron chi connectivity index (χ3n) is 4.27. The molecule has 0 aliphatic carbocycles. The summed E-state index contributed by atoms with van der Waals surface area (Å²) in [6.45, 7) is 4.20. The van der Waals surface area contributed by atoms with Crippen molar-refractivity contribution in [3.63, 3.8) is 0 Å². The van der Waals surface area contributed by atoms with Crippen LogP contribution in [0.15, 0.2) is 42.6 Å². The Balaban J connectivity index is 1.66. The highest BCUT2D eigenvalue weighted by Crippen LogP contribution is 2.11. The number of likely N-dealkylation sites (N-methyl/N-ethyl adjacent to an activating group) is 1. The molecule has 24 heavy (non-hydrogen) atoms. The predicted molar refractivity (Wildman–Crippen MR) is 92.4 cm³/mol. The van der Waals surface area contributed by atoms with Crippen LogP contribution >= 0.6 is 0 Å². The summed E-state index contributed by atoms with van der Waals surface area (Å²) in [5, 5.41) is 8.68. The quantitative estimate of drug-likeness (QED) is 0.722. The third kappa shape index (κ3) is 3.42. The Hall–Kier alpha value is -2.76. The molecular formula is C18H21N5O. The van der Waals surface area contributed by atoms with E-state index in [1.165, 1.54) is 4.80 Å². The summed E-state index contributed by atoms with van der Waals surface area (Å²) in [7, 11) is 1.81. The van der Waals surface area contributed by atoms with Gasteiger partial charge >= 0.3 is 0 Å². The zero-order chi connectivity index (χ0) is 17.1. The molecule has 0 saturated carbocycles. The van der Waals surface area contributed by atoms with Crippen LogP contribution in [0.4, 0.5) is 0 Å². The van der Waals surface area contributed by atoms with Crippen LogP contribution in [0.2, 0.25) is 0 Å². The maximum atomic E-state index is 12.5. The van der Waals surface area contributed by atoms with E-state index in [-0.39, 0.29) is 18.5 Å². The Morgan fingerprint density at radius 1 is 1.17 bits per heavy atom. The van der Waals surface area contributed by atoms with E-state index in [1.807, 2.05) is 57.3 Å². The SMILES string of the molecule is Cc1cccnc1C[C@H](C)N(C)C(=O)Cn1nc2ccccc2n1. The Kier molecular flexibility index (Phi) is 4.55. The molecule has 0 aliphatic rings. The summed E-state index contributed by atoms with van der Waals surface area (Å²) >= 11 is 0. The van der Waals surface area contributed by atoms with Gasteiger partial charge in [0, 0.05) is 31.4 Å². The van der Waals surface area contributed by atoms with Crippen LogP contribution in [-0.2, 0) is 17.8 Å². The zero-order valence-corrected chi connectivity index (χ0v) is 14.2. The van der Waals surface area contributed by atoms with Crippen molar-refractivity contribution in [1.82, 2.24) is 24.9 Å². The first-order valence-corrected chi connectivity index (χ1v) is 8.00. The van der Waals surface area contributed by atoms with Gasteiger partial charge in [0.05, 0.1) is 0 Å². The summed E-state index contributed by atoms with van der Waals surface area (Å²) < 4.78 is 0. The minimum Gasteiger partial charge on any atom is -0.341 e. The van der Waals surface area contributed by atoms with E-state index in [1.54, 1.807) is 11.1 Å². The standard InChI is InChI=1S/C18H21N5O/c1-13-7-6-10-19-17(13)11-14(2)22(3)18(24)12-23-20-15-8-4-5-9-16(15)21-23/h4-10,14H,11-12H2,1-3H3/t14-/m0/s1. The van der Waals surface area contributed by atoms with Crippen LogP contribution in [0.3, 0.4) is 0 Å². The van der Waals surface area contributed by atoms with Crippen molar-refractivity contribution in [3.8, 4) is 0 Å². The summed E-state index contributed by atoms with van der Waals surface area (Å²) in [6, 6.07) is 11.6. The van der Waals surface area contributed by atoms with E-state index in [0.717, 1.165) is 28.7 Å². The maximum Gasteiger partial charge on any atom is 0.246 e. The van der Waals surface area contributed by atoms with Crippen LogP contribution in [0.5, 0.6) is 0 Å². The summed E-state index contributed by atoms with van der Waals surface area (Å²) in [6.07, 6.45) is 2.51. The molecule has 2 aromatic heterocycles. The smallest absolute Gasteiger partial charge is 0.246 e.